The first-order valence-electron chi connectivity index (χ1n) is 7.42. The first-order valence-corrected chi connectivity index (χ1v) is 8.24. The van der Waals surface area contributed by atoms with Crippen molar-refractivity contribution in [1.29, 1.82) is 0 Å². The number of thiazole rings is 1. The van der Waals surface area contributed by atoms with Gasteiger partial charge >= 0.3 is 0 Å². The molecule has 2 aromatic carbocycles. The third-order valence-corrected chi connectivity index (χ3v) is 4.15. The Hall–Kier alpha value is -3.06. The fraction of sp³-hybridized carbons (Fsp3) is 0.0556. The summed E-state index contributed by atoms with van der Waals surface area (Å²) in [5.41, 5.74) is 1.95. The lowest BCUT2D eigenvalue weighted by Crippen LogP contribution is -2.07. The summed E-state index contributed by atoms with van der Waals surface area (Å²) in [6.45, 7) is 1.42. The van der Waals surface area contributed by atoms with E-state index in [2.05, 4.69) is 15.6 Å². The SMILES string of the molecule is CC(=O)Nc1nc2ccc(NC(=O)C=Cc3cccc(F)c3)cc2s1. The van der Waals surface area contributed by atoms with Crippen molar-refractivity contribution >= 4 is 50.3 Å². The molecule has 0 saturated heterocycles. The van der Waals surface area contributed by atoms with Gasteiger partial charge in [0.05, 0.1) is 10.2 Å². The first kappa shape index (κ1) is 16.8. The van der Waals surface area contributed by atoms with Crippen molar-refractivity contribution in [3.05, 3.63) is 59.9 Å². The van der Waals surface area contributed by atoms with Crippen LogP contribution < -0.4 is 10.6 Å². The first-order chi connectivity index (χ1) is 12.0. The van der Waals surface area contributed by atoms with Crippen LogP contribution in [0.4, 0.5) is 15.2 Å². The highest BCUT2D eigenvalue weighted by atomic mass is 32.1. The molecule has 0 unspecified atom stereocenters. The van der Waals surface area contributed by atoms with Crippen LogP contribution in [0.25, 0.3) is 16.3 Å². The summed E-state index contributed by atoms with van der Waals surface area (Å²) >= 11 is 1.32. The minimum absolute atomic E-state index is 0.185. The van der Waals surface area contributed by atoms with Crippen LogP contribution in [0.1, 0.15) is 12.5 Å². The highest BCUT2D eigenvalue weighted by molar-refractivity contribution is 7.22. The molecule has 0 fully saturated rings. The Balaban J connectivity index is 1.71. The predicted octanol–water partition coefficient (Wildman–Crippen LogP) is 4.05. The zero-order valence-electron chi connectivity index (χ0n) is 13.2. The molecular weight excluding hydrogens is 341 g/mol. The van der Waals surface area contributed by atoms with Crippen molar-refractivity contribution in [2.24, 2.45) is 0 Å². The van der Waals surface area contributed by atoms with Gasteiger partial charge in [-0.2, -0.15) is 0 Å². The molecule has 2 amide bonds. The van der Waals surface area contributed by atoms with E-state index in [4.69, 9.17) is 0 Å². The second kappa shape index (κ2) is 7.23. The van der Waals surface area contributed by atoms with Gasteiger partial charge < -0.3 is 10.6 Å². The highest BCUT2D eigenvalue weighted by Gasteiger charge is 2.07. The number of nitrogens with zero attached hydrogens (tertiary/aromatic N) is 1. The minimum atomic E-state index is -0.354. The molecular formula is C18H14FN3O2S. The zero-order valence-corrected chi connectivity index (χ0v) is 14.1. The lowest BCUT2D eigenvalue weighted by atomic mass is 10.2. The fourth-order valence-electron chi connectivity index (χ4n) is 2.17. The molecule has 0 radical (unpaired) electrons. The van der Waals surface area contributed by atoms with Crippen LogP contribution in [0.15, 0.2) is 48.5 Å². The monoisotopic (exact) mass is 355 g/mol. The van der Waals surface area contributed by atoms with E-state index in [0.717, 1.165) is 10.2 Å². The van der Waals surface area contributed by atoms with Crippen molar-refractivity contribution in [1.82, 2.24) is 4.98 Å². The van der Waals surface area contributed by atoms with E-state index in [0.29, 0.717) is 16.4 Å². The Morgan fingerprint density at radius 1 is 1.16 bits per heavy atom. The number of halogens is 1. The second-order valence-electron chi connectivity index (χ2n) is 5.26. The van der Waals surface area contributed by atoms with Gasteiger partial charge in [0.25, 0.3) is 0 Å². The maximum absolute atomic E-state index is 13.1. The lowest BCUT2D eigenvalue weighted by molar-refractivity contribution is -0.114. The summed E-state index contributed by atoms with van der Waals surface area (Å²) in [6, 6.07) is 11.3. The summed E-state index contributed by atoms with van der Waals surface area (Å²) in [5.74, 6) is -0.863. The van der Waals surface area contributed by atoms with Gasteiger partial charge in [0.1, 0.15) is 5.82 Å². The number of hydrogen-bond donors (Lipinski definition) is 2. The van der Waals surface area contributed by atoms with Crippen LogP contribution in [0.5, 0.6) is 0 Å². The summed E-state index contributed by atoms with van der Waals surface area (Å²) in [4.78, 5) is 27.4. The normalized spacial score (nSPS) is 11.0. The average Bonchev–Trinajstić information content (AvgIpc) is 2.93. The highest BCUT2D eigenvalue weighted by Crippen LogP contribution is 2.28. The van der Waals surface area contributed by atoms with Crippen molar-refractivity contribution in [2.75, 3.05) is 10.6 Å². The Kier molecular flexibility index (Phi) is 4.85. The van der Waals surface area contributed by atoms with Crippen LogP contribution in [-0.4, -0.2) is 16.8 Å². The summed E-state index contributed by atoms with van der Waals surface area (Å²) in [5, 5.41) is 5.89. The van der Waals surface area contributed by atoms with Gasteiger partial charge in [-0.15, -0.1) is 0 Å². The maximum Gasteiger partial charge on any atom is 0.248 e. The third-order valence-electron chi connectivity index (χ3n) is 3.21. The second-order valence-corrected chi connectivity index (χ2v) is 6.29. The Bertz CT molecular complexity index is 981. The smallest absolute Gasteiger partial charge is 0.248 e. The standard InChI is InChI=1S/C18H14FN3O2S/c1-11(23)20-18-22-15-7-6-14(10-16(15)25-18)21-17(24)8-5-12-3-2-4-13(19)9-12/h2-10H,1H3,(H,21,24)(H,20,22,23). The number of carbonyl (C=O) groups is 2. The van der Waals surface area contributed by atoms with Crippen LogP contribution >= 0.6 is 11.3 Å². The van der Waals surface area contributed by atoms with Crippen molar-refractivity contribution < 1.29 is 14.0 Å². The van der Waals surface area contributed by atoms with E-state index in [1.54, 1.807) is 36.4 Å². The molecule has 0 aliphatic carbocycles. The van der Waals surface area contributed by atoms with Crippen LogP contribution in [0.3, 0.4) is 0 Å². The number of benzene rings is 2. The molecule has 5 nitrogen and oxygen atoms in total. The maximum atomic E-state index is 13.1. The van der Waals surface area contributed by atoms with Gasteiger partial charge in [0.2, 0.25) is 11.8 Å². The van der Waals surface area contributed by atoms with Crippen LogP contribution in [0, 0.1) is 5.82 Å². The number of hydrogen-bond acceptors (Lipinski definition) is 4. The number of fused-ring (bicyclic) bond motifs is 1. The summed E-state index contributed by atoms with van der Waals surface area (Å²) < 4.78 is 13.9. The van der Waals surface area contributed by atoms with Gasteiger partial charge in [-0.3, -0.25) is 9.59 Å². The van der Waals surface area contributed by atoms with E-state index in [1.807, 2.05) is 0 Å². The molecule has 3 rings (SSSR count). The van der Waals surface area contributed by atoms with Gasteiger partial charge in [0, 0.05) is 18.7 Å². The molecule has 126 valence electrons. The molecule has 1 aromatic heterocycles. The van der Waals surface area contributed by atoms with Gasteiger partial charge in [-0.25, -0.2) is 9.37 Å². The zero-order chi connectivity index (χ0) is 17.8. The molecule has 0 saturated carbocycles. The predicted molar refractivity (Wildman–Crippen MR) is 98.0 cm³/mol. The molecule has 3 aromatic rings. The van der Waals surface area contributed by atoms with E-state index < -0.39 is 0 Å². The third kappa shape index (κ3) is 4.48. The van der Waals surface area contributed by atoms with Crippen LogP contribution in [-0.2, 0) is 9.59 Å². The van der Waals surface area contributed by atoms with E-state index in [1.165, 1.54) is 36.5 Å². The summed E-state index contributed by atoms with van der Waals surface area (Å²) in [6.07, 6.45) is 2.88. The Morgan fingerprint density at radius 3 is 2.76 bits per heavy atom. The van der Waals surface area contributed by atoms with Crippen molar-refractivity contribution in [2.45, 2.75) is 6.92 Å². The number of amides is 2. The molecule has 0 spiro atoms. The molecule has 25 heavy (non-hydrogen) atoms. The van der Waals surface area contributed by atoms with Gasteiger partial charge in [-0.05, 0) is 42.0 Å². The molecule has 1 heterocycles. The molecule has 0 aliphatic rings. The Labute approximate surface area is 147 Å². The molecule has 7 heteroatoms. The Morgan fingerprint density at radius 2 is 2.00 bits per heavy atom. The van der Waals surface area contributed by atoms with E-state index in [-0.39, 0.29) is 17.6 Å². The molecule has 0 aliphatic heterocycles. The largest absolute Gasteiger partial charge is 0.322 e. The average molecular weight is 355 g/mol. The number of aromatic nitrogens is 1. The number of anilines is 2. The van der Waals surface area contributed by atoms with Crippen molar-refractivity contribution in [3.8, 4) is 0 Å². The number of nitrogens with one attached hydrogen (secondary N) is 2. The molecule has 0 bridgehead atoms. The minimum Gasteiger partial charge on any atom is -0.322 e. The van der Waals surface area contributed by atoms with Crippen LogP contribution in [0.2, 0.25) is 0 Å². The van der Waals surface area contributed by atoms with E-state index >= 15 is 0 Å². The number of rotatable bonds is 4. The summed E-state index contributed by atoms with van der Waals surface area (Å²) in [7, 11) is 0. The van der Waals surface area contributed by atoms with Gasteiger partial charge in [-0.1, -0.05) is 23.5 Å². The molecule has 2 N–H and O–H groups in total. The topological polar surface area (TPSA) is 71.1 Å². The van der Waals surface area contributed by atoms with Crippen molar-refractivity contribution in [3.63, 3.8) is 0 Å². The van der Waals surface area contributed by atoms with Gasteiger partial charge in [0.15, 0.2) is 5.13 Å². The quantitative estimate of drug-likeness (QED) is 0.694. The molecule has 0 atom stereocenters. The lowest BCUT2D eigenvalue weighted by Gasteiger charge is -2.01. The number of carbonyl (C=O) groups excluding carboxylic acids is 2. The fourth-order valence-corrected chi connectivity index (χ4v) is 3.12. The van der Waals surface area contributed by atoms with E-state index in [9.17, 15) is 14.0 Å².